The van der Waals surface area contributed by atoms with Crippen LogP contribution in [0.5, 0.6) is 5.75 Å². The van der Waals surface area contributed by atoms with Crippen molar-refractivity contribution in [2.45, 2.75) is 38.2 Å². The molecule has 1 aromatic rings. The van der Waals surface area contributed by atoms with E-state index in [4.69, 9.17) is 16.3 Å². The summed E-state index contributed by atoms with van der Waals surface area (Å²) in [5, 5.41) is 0.266. The number of carbonyl (C=O) groups is 1. The minimum Gasteiger partial charge on any atom is -0.484 e. The number of ketones is 1. The van der Waals surface area contributed by atoms with Crippen molar-refractivity contribution in [3.63, 3.8) is 0 Å². The van der Waals surface area contributed by atoms with Crippen LogP contribution in [-0.4, -0.2) is 11.9 Å². The summed E-state index contributed by atoms with van der Waals surface area (Å²) in [4.78, 5) is 11.8. The lowest BCUT2D eigenvalue weighted by molar-refractivity contribution is -0.151. The van der Waals surface area contributed by atoms with Crippen molar-refractivity contribution in [1.29, 1.82) is 0 Å². The van der Waals surface area contributed by atoms with Gasteiger partial charge < -0.3 is 4.74 Å². The molecule has 0 radical (unpaired) electrons. The van der Waals surface area contributed by atoms with Crippen LogP contribution >= 0.6 is 11.6 Å². The Labute approximate surface area is 110 Å². The predicted octanol–water partition coefficient (Wildman–Crippen LogP) is 3.76. The topological polar surface area (TPSA) is 26.3 Å². The number of benzene rings is 1. The van der Waals surface area contributed by atoms with Crippen LogP contribution in [0.2, 0.25) is 5.02 Å². The number of hydrogen-bond acceptors (Lipinski definition) is 2. The molecule has 2 nitrogen and oxygen atoms in total. The predicted molar refractivity (Wildman–Crippen MR) is 66.4 cm³/mol. The quantitative estimate of drug-likeness (QED) is 0.816. The van der Waals surface area contributed by atoms with Crippen LogP contribution in [0.1, 0.15) is 32.1 Å². The van der Waals surface area contributed by atoms with E-state index in [1.165, 1.54) is 6.07 Å². The van der Waals surface area contributed by atoms with Gasteiger partial charge in [-0.2, -0.15) is 0 Å². The van der Waals surface area contributed by atoms with Crippen LogP contribution in [0.25, 0.3) is 0 Å². The Morgan fingerprint density at radius 3 is 2.67 bits per heavy atom. The molecule has 1 aromatic carbocycles. The smallest absolute Gasteiger partial charge is 0.173 e. The summed E-state index contributed by atoms with van der Waals surface area (Å²) < 4.78 is 19.3. The molecule has 1 spiro atoms. The van der Waals surface area contributed by atoms with Crippen LogP contribution < -0.4 is 4.74 Å². The summed E-state index contributed by atoms with van der Waals surface area (Å²) in [7, 11) is 0. The van der Waals surface area contributed by atoms with E-state index in [0.717, 1.165) is 25.7 Å². The van der Waals surface area contributed by atoms with E-state index < -0.39 is 5.82 Å². The monoisotopic (exact) mass is 268 g/mol. The van der Waals surface area contributed by atoms with Gasteiger partial charge in [-0.3, -0.25) is 4.79 Å². The second-order valence-corrected chi connectivity index (χ2v) is 5.56. The molecule has 0 heterocycles. The normalized spacial score (nSPS) is 25.2. The van der Waals surface area contributed by atoms with Crippen molar-refractivity contribution in [3.8, 4) is 5.75 Å². The Kier molecular flexibility index (Phi) is 2.81. The molecule has 2 aliphatic rings. The van der Waals surface area contributed by atoms with Crippen LogP contribution in [-0.2, 0) is 4.79 Å². The van der Waals surface area contributed by atoms with Crippen molar-refractivity contribution in [2.75, 3.05) is 0 Å². The minimum absolute atomic E-state index is 0.0861. The molecule has 0 N–H and O–H groups in total. The van der Waals surface area contributed by atoms with Gasteiger partial charge in [-0.1, -0.05) is 30.5 Å². The minimum atomic E-state index is -0.463. The van der Waals surface area contributed by atoms with Gasteiger partial charge in [0.25, 0.3) is 0 Å². The Balaban J connectivity index is 1.84. The molecule has 4 heteroatoms. The molecule has 96 valence electrons. The third-order valence-electron chi connectivity index (χ3n) is 4.22. The van der Waals surface area contributed by atoms with E-state index in [1.54, 1.807) is 12.1 Å². The SMILES string of the molecule is O=C1CC(Oc2c(F)cccc2Cl)C12CCCC2. The first-order valence-corrected chi connectivity index (χ1v) is 6.65. The lowest BCUT2D eigenvalue weighted by Gasteiger charge is -2.44. The van der Waals surface area contributed by atoms with Gasteiger partial charge in [0.05, 0.1) is 10.4 Å². The fourth-order valence-corrected chi connectivity index (χ4v) is 3.32. The molecule has 1 unspecified atom stereocenters. The van der Waals surface area contributed by atoms with Crippen molar-refractivity contribution in [1.82, 2.24) is 0 Å². The summed E-state index contributed by atoms with van der Waals surface area (Å²) in [5.41, 5.74) is -0.356. The molecule has 0 saturated heterocycles. The van der Waals surface area contributed by atoms with Crippen molar-refractivity contribution in [3.05, 3.63) is 29.0 Å². The first-order chi connectivity index (χ1) is 8.63. The average Bonchev–Trinajstić information content (AvgIpc) is 2.84. The Hall–Kier alpha value is -1.09. The summed E-state index contributed by atoms with van der Waals surface area (Å²) in [5.74, 6) is -0.115. The lowest BCUT2D eigenvalue weighted by Crippen LogP contribution is -2.55. The highest BCUT2D eigenvalue weighted by molar-refractivity contribution is 6.32. The Bertz CT molecular complexity index is 474. The average molecular weight is 269 g/mol. The van der Waals surface area contributed by atoms with Gasteiger partial charge in [0.2, 0.25) is 0 Å². The van der Waals surface area contributed by atoms with E-state index >= 15 is 0 Å². The molecule has 0 aliphatic heterocycles. The highest BCUT2D eigenvalue weighted by Crippen LogP contribution is 2.52. The number of carbonyl (C=O) groups excluding carboxylic acids is 1. The Morgan fingerprint density at radius 2 is 2.06 bits per heavy atom. The molecule has 2 aliphatic carbocycles. The molecule has 0 aromatic heterocycles. The van der Waals surface area contributed by atoms with E-state index in [9.17, 15) is 9.18 Å². The number of halogens is 2. The number of Topliss-reactive ketones (excluding diaryl/α,β-unsaturated/α-hetero) is 1. The molecule has 2 saturated carbocycles. The molecule has 18 heavy (non-hydrogen) atoms. The number of ether oxygens (including phenoxy) is 1. The van der Waals surface area contributed by atoms with Crippen LogP contribution in [0, 0.1) is 11.2 Å². The fraction of sp³-hybridized carbons (Fsp3) is 0.500. The second-order valence-electron chi connectivity index (χ2n) is 5.15. The number of rotatable bonds is 2. The molecule has 3 rings (SSSR count). The van der Waals surface area contributed by atoms with Gasteiger partial charge in [0.1, 0.15) is 11.9 Å². The first-order valence-electron chi connectivity index (χ1n) is 6.27. The van der Waals surface area contributed by atoms with E-state index in [2.05, 4.69) is 0 Å². The van der Waals surface area contributed by atoms with E-state index in [-0.39, 0.29) is 28.1 Å². The van der Waals surface area contributed by atoms with Crippen LogP contribution in [0.15, 0.2) is 18.2 Å². The van der Waals surface area contributed by atoms with Gasteiger partial charge >= 0.3 is 0 Å². The zero-order chi connectivity index (χ0) is 12.8. The standard InChI is InChI=1S/C14H14ClFO2/c15-9-4-3-5-10(16)13(9)18-12-8-11(17)14(12)6-1-2-7-14/h3-5,12H,1-2,6-8H2. The van der Waals surface area contributed by atoms with Gasteiger partial charge in [0, 0.05) is 6.42 Å². The maximum absolute atomic E-state index is 13.6. The van der Waals surface area contributed by atoms with Crippen LogP contribution in [0.3, 0.4) is 0 Å². The third-order valence-corrected chi connectivity index (χ3v) is 4.51. The molecule has 0 amide bonds. The summed E-state index contributed by atoms with van der Waals surface area (Å²) in [6.07, 6.45) is 4.00. The first kappa shape index (κ1) is 12.0. The molecule has 1 atom stereocenters. The largest absolute Gasteiger partial charge is 0.484 e. The van der Waals surface area contributed by atoms with E-state index in [1.807, 2.05) is 0 Å². The molecular weight excluding hydrogens is 255 g/mol. The highest BCUT2D eigenvalue weighted by atomic mass is 35.5. The van der Waals surface area contributed by atoms with Crippen molar-refractivity contribution >= 4 is 17.4 Å². The number of hydrogen-bond donors (Lipinski definition) is 0. The van der Waals surface area contributed by atoms with Gasteiger partial charge in [-0.05, 0) is 25.0 Å². The van der Waals surface area contributed by atoms with Crippen molar-refractivity contribution < 1.29 is 13.9 Å². The molecule has 2 fully saturated rings. The molecule has 0 bridgehead atoms. The maximum atomic E-state index is 13.6. The van der Waals surface area contributed by atoms with Crippen LogP contribution in [0.4, 0.5) is 4.39 Å². The zero-order valence-corrected chi connectivity index (χ0v) is 10.7. The van der Waals surface area contributed by atoms with Gasteiger partial charge in [-0.15, -0.1) is 0 Å². The highest BCUT2D eigenvalue weighted by Gasteiger charge is 2.57. The van der Waals surface area contributed by atoms with Crippen molar-refractivity contribution in [2.24, 2.45) is 5.41 Å². The Morgan fingerprint density at radius 1 is 1.33 bits per heavy atom. The van der Waals surface area contributed by atoms with Gasteiger partial charge in [-0.25, -0.2) is 4.39 Å². The zero-order valence-electron chi connectivity index (χ0n) is 9.92. The third kappa shape index (κ3) is 1.64. The molecular formula is C14H14ClFO2. The summed E-state index contributed by atoms with van der Waals surface area (Å²) in [6, 6.07) is 4.46. The maximum Gasteiger partial charge on any atom is 0.173 e. The lowest BCUT2D eigenvalue weighted by atomic mass is 9.63. The van der Waals surface area contributed by atoms with Gasteiger partial charge in [0.15, 0.2) is 11.6 Å². The summed E-state index contributed by atoms with van der Waals surface area (Å²) in [6.45, 7) is 0. The fourth-order valence-electron chi connectivity index (χ4n) is 3.11. The van der Waals surface area contributed by atoms with E-state index in [0.29, 0.717) is 6.42 Å². The summed E-state index contributed by atoms with van der Waals surface area (Å²) >= 11 is 5.94. The number of para-hydroxylation sites is 1. The second kappa shape index (κ2) is 4.23.